The van der Waals surface area contributed by atoms with E-state index in [-0.39, 0.29) is 37.3 Å². The quantitative estimate of drug-likeness (QED) is 0.388. The van der Waals surface area contributed by atoms with Gasteiger partial charge in [0.2, 0.25) is 5.91 Å². The lowest BCUT2D eigenvalue weighted by molar-refractivity contribution is -0.144. The van der Waals surface area contributed by atoms with Gasteiger partial charge >= 0.3 is 12.1 Å². The minimum Gasteiger partial charge on any atom is -0.480 e. The molecule has 3 atom stereocenters. The standard InChI is InChI=1S/C27H34N2O6/c1-16(2)12-18(13-24(31)29-25(17(3)30)26(32)33)14-28-27(34)35-15-23-21-10-6-4-8-19(21)20-9-5-7-11-22(20)23/h4-11,16-18,23,25,30H,12-15H2,1-3H3,(H,28,34)(H,29,31)(H,32,33)/t17-,18+,25+/m1/s1. The number of fused-ring (bicyclic) bond motifs is 3. The molecule has 0 aliphatic heterocycles. The fraction of sp³-hybridized carbons (Fsp3) is 0.444. The summed E-state index contributed by atoms with van der Waals surface area (Å²) in [5.74, 6) is -1.77. The summed E-state index contributed by atoms with van der Waals surface area (Å²) in [6, 6.07) is 14.8. The van der Waals surface area contributed by atoms with Crippen molar-refractivity contribution in [3.05, 3.63) is 59.7 Å². The van der Waals surface area contributed by atoms with E-state index in [2.05, 4.69) is 34.9 Å². The van der Waals surface area contributed by atoms with Crippen LogP contribution in [0.25, 0.3) is 11.1 Å². The first kappa shape index (κ1) is 26.2. The number of aliphatic carboxylic acids is 1. The van der Waals surface area contributed by atoms with Gasteiger partial charge in [-0.2, -0.15) is 0 Å². The Kier molecular flexibility index (Phi) is 8.87. The summed E-state index contributed by atoms with van der Waals surface area (Å²) in [5, 5.41) is 23.9. The van der Waals surface area contributed by atoms with Gasteiger partial charge in [-0.25, -0.2) is 9.59 Å². The van der Waals surface area contributed by atoms with Gasteiger partial charge in [0, 0.05) is 18.9 Å². The second-order valence-electron chi connectivity index (χ2n) is 9.53. The molecule has 0 aromatic heterocycles. The van der Waals surface area contributed by atoms with Gasteiger partial charge in [0.15, 0.2) is 6.04 Å². The Labute approximate surface area is 205 Å². The first-order valence-corrected chi connectivity index (χ1v) is 12.0. The van der Waals surface area contributed by atoms with Crippen LogP contribution >= 0.6 is 0 Å². The molecular formula is C27H34N2O6. The molecule has 4 N–H and O–H groups in total. The number of amides is 2. The van der Waals surface area contributed by atoms with Gasteiger partial charge in [-0.15, -0.1) is 0 Å². The largest absolute Gasteiger partial charge is 0.480 e. The third kappa shape index (κ3) is 6.82. The van der Waals surface area contributed by atoms with Crippen molar-refractivity contribution in [2.45, 2.75) is 51.7 Å². The molecule has 1 aliphatic carbocycles. The Bertz CT molecular complexity index is 1010. The van der Waals surface area contributed by atoms with Crippen LogP contribution in [0.15, 0.2) is 48.5 Å². The normalized spacial score (nSPS) is 15.0. The van der Waals surface area contributed by atoms with Crippen molar-refractivity contribution in [2.75, 3.05) is 13.2 Å². The SMILES string of the molecule is CC(C)C[C@H](CNC(=O)OCC1c2ccccc2-c2ccccc21)CC(=O)N[C@H](C(=O)O)[C@@H](C)O. The molecule has 0 spiro atoms. The molecule has 0 bridgehead atoms. The fourth-order valence-corrected chi connectivity index (χ4v) is 4.67. The van der Waals surface area contributed by atoms with Crippen molar-refractivity contribution < 1.29 is 29.3 Å². The Hall–Kier alpha value is -3.39. The third-order valence-electron chi connectivity index (χ3n) is 6.22. The van der Waals surface area contributed by atoms with Crippen LogP contribution in [0.1, 0.15) is 50.7 Å². The number of rotatable bonds is 11. The van der Waals surface area contributed by atoms with Crippen LogP contribution in [-0.2, 0) is 14.3 Å². The fourth-order valence-electron chi connectivity index (χ4n) is 4.67. The zero-order valence-corrected chi connectivity index (χ0v) is 20.4. The van der Waals surface area contributed by atoms with Crippen LogP contribution in [0, 0.1) is 11.8 Å². The molecule has 8 heteroatoms. The molecule has 0 saturated heterocycles. The van der Waals surface area contributed by atoms with Crippen molar-refractivity contribution in [1.29, 1.82) is 0 Å². The number of carboxylic acid groups (broad SMARTS) is 1. The number of benzene rings is 2. The van der Waals surface area contributed by atoms with Crippen LogP contribution in [0.4, 0.5) is 4.79 Å². The molecule has 2 aromatic rings. The average molecular weight is 483 g/mol. The van der Waals surface area contributed by atoms with Gasteiger partial charge in [0.05, 0.1) is 6.10 Å². The molecule has 188 valence electrons. The lowest BCUT2D eigenvalue weighted by Crippen LogP contribution is -2.48. The van der Waals surface area contributed by atoms with E-state index in [1.54, 1.807) is 0 Å². The zero-order chi connectivity index (χ0) is 25.5. The van der Waals surface area contributed by atoms with Crippen LogP contribution < -0.4 is 10.6 Å². The molecular weight excluding hydrogens is 448 g/mol. The highest BCUT2D eigenvalue weighted by Gasteiger charge is 2.29. The number of hydrogen-bond donors (Lipinski definition) is 4. The topological polar surface area (TPSA) is 125 Å². The number of aliphatic hydroxyl groups is 1. The predicted octanol–water partition coefficient (Wildman–Crippen LogP) is 3.53. The van der Waals surface area contributed by atoms with Crippen molar-refractivity contribution >= 4 is 18.0 Å². The van der Waals surface area contributed by atoms with Gasteiger partial charge < -0.3 is 25.6 Å². The summed E-state index contributed by atoms with van der Waals surface area (Å²) in [4.78, 5) is 36.2. The molecule has 2 aromatic carbocycles. The summed E-state index contributed by atoms with van der Waals surface area (Å²) in [7, 11) is 0. The maximum absolute atomic E-state index is 12.5. The molecule has 0 heterocycles. The van der Waals surface area contributed by atoms with Crippen molar-refractivity contribution in [2.24, 2.45) is 11.8 Å². The first-order valence-electron chi connectivity index (χ1n) is 12.0. The van der Waals surface area contributed by atoms with Gasteiger partial charge in [-0.1, -0.05) is 62.4 Å². The smallest absolute Gasteiger partial charge is 0.407 e. The molecule has 2 amide bonds. The highest BCUT2D eigenvalue weighted by atomic mass is 16.5. The second-order valence-corrected chi connectivity index (χ2v) is 9.53. The van der Waals surface area contributed by atoms with Crippen LogP contribution in [-0.4, -0.2) is 53.5 Å². The van der Waals surface area contributed by atoms with E-state index in [0.29, 0.717) is 6.42 Å². The van der Waals surface area contributed by atoms with E-state index in [1.807, 2.05) is 38.1 Å². The van der Waals surface area contributed by atoms with Crippen molar-refractivity contribution in [3.8, 4) is 11.1 Å². The molecule has 0 radical (unpaired) electrons. The third-order valence-corrected chi connectivity index (χ3v) is 6.22. The first-order chi connectivity index (χ1) is 16.7. The highest BCUT2D eigenvalue weighted by Crippen LogP contribution is 2.44. The van der Waals surface area contributed by atoms with E-state index in [0.717, 1.165) is 22.3 Å². The number of carbonyl (C=O) groups is 3. The molecule has 35 heavy (non-hydrogen) atoms. The second kappa shape index (κ2) is 11.8. The maximum atomic E-state index is 12.5. The number of carboxylic acids is 1. The van der Waals surface area contributed by atoms with Gasteiger partial charge in [-0.05, 0) is 47.4 Å². The molecule has 1 aliphatic rings. The summed E-state index contributed by atoms with van der Waals surface area (Å²) < 4.78 is 5.57. The Morgan fingerprint density at radius 3 is 2.06 bits per heavy atom. The zero-order valence-electron chi connectivity index (χ0n) is 20.4. The predicted molar refractivity (Wildman–Crippen MR) is 132 cm³/mol. The summed E-state index contributed by atoms with van der Waals surface area (Å²) >= 11 is 0. The van der Waals surface area contributed by atoms with E-state index >= 15 is 0 Å². The molecule has 0 saturated carbocycles. The number of alkyl carbamates (subject to hydrolysis) is 1. The number of carbonyl (C=O) groups excluding carboxylic acids is 2. The number of ether oxygens (including phenoxy) is 1. The minimum atomic E-state index is -1.38. The van der Waals surface area contributed by atoms with Crippen LogP contribution in [0.5, 0.6) is 0 Å². The molecule has 3 rings (SSSR count). The summed E-state index contributed by atoms with van der Waals surface area (Å²) in [6.45, 7) is 5.74. The number of aliphatic hydroxyl groups excluding tert-OH is 1. The van der Waals surface area contributed by atoms with Crippen LogP contribution in [0.2, 0.25) is 0 Å². The maximum Gasteiger partial charge on any atom is 0.407 e. The van der Waals surface area contributed by atoms with E-state index in [1.165, 1.54) is 6.92 Å². The van der Waals surface area contributed by atoms with Gasteiger partial charge in [-0.3, -0.25) is 4.79 Å². The summed E-state index contributed by atoms with van der Waals surface area (Å²) in [6.07, 6.45) is -1.10. The summed E-state index contributed by atoms with van der Waals surface area (Å²) in [5.41, 5.74) is 4.55. The molecule has 0 unspecified atom stereocenters. The highest BCUT2D eigenvalue weighted by molar-refractivity contribution is 5.84. The van der Waals surface area contributed by atoms with E-state index in [9.17, 15) is 24.6 Å². The number of nitrogens with one attached hydrogen (secondary N) is 2. The van der Waals surface area contributed by atoms with Crippen molar-refractivity contribution in [3.63, 3.8) is 0 Å². The van der Waals surface area contributed by atoms with Crippen molar-refractivity contribution in [1.82, 2.24) is 10.6 Å². The minimum absolute atomic E-state index is 0.0261. The van der Waals surface area contributed by atoms with Gasteiger partial charge in [0.1, 0.15) is 6.61 Å². The monoisotopic (exact) mass is 482 g/mol. The van der Waals surface area contributed by atoms with E-state index < -0.39 is 30.1 Å². The Morgan fingerprint density at radius 2 is 1.54 bits per heavy atom. The lowest BCUT2D eigenvalue weighted by Gasteiger charge is -2.22. The van der Waals surface area contributed by atoms with Crippen LogP contribution in [0.3, 0.4) is 0 Å². The molecule has 8 nitrogen and oxygen atoms in total. The Balaban J connectivity index is 1.56. The lowest BCUT2D eigenvalue weighted by atomic mass is 9.93. The van der Waals surface area contributed by atoms with E-state index in [4.69, 9.17) is 4.74 Å². The van der Waals surface area contributed by atoms with Gasteiger partial charge in [0.25, 0.3) is 0 Å². The molecule has 0 fully saturated rings. The average Bonchev–Trinajstić information content (AvgIpc) is 3.12. The number of hydrogen-bond acceptors (Lipinski definition) is 5. The Morgan fingerprint density at radius 1 is 0.971 bits per heavy atom.